The lowest BCUT2D eigenvalue weighted by Crippen LogP contribution is -2.26. The van der Waals surface area contributed by atoms with E-state index in [2.05, 4.69) is 22.4 Å². The first-order valence-electron chi connectivity index (χ1n) is 7.59. The second-order valence-electron chi connectivity index (χ2n) is 5.28. The van der Waals surface area contributed by atoms with Crippen LogP contribution in [-0.2, 0) is 6.42 Å². The summed E-state index contributed by atoms with van der Waals surface area (Å²) < 4.78 is 0. The summed E-state index contributed by atoms with van der Waals surface area (Å²) >= 11 is 1.55. The predicted octanol–water partition coefficient (Wildman–Crippen LogP) is 4.09. The molecule has 3 rings (SSSR count). The van der Waals surface area contributed by atoms with E-state index >= 15 is 0 Å². The first kappa shape index (κ1) is 15.4. The Morgan fingerprint density at radius 1 is 1.04 bits per heavy atom. The number of nitrogens with one attached hydrogen (secondary N) is 1. The quantitative estimate of drug-likeness (QED) is 0.768. The van der Waals surface area contributed by atoms with Gasteiger partial charge in [-0.3, -0.25) is 4.79 Å². The molecule has 23 heavy (non-hydrogen) atoms. The third-order valence-electron chi connectivity index (χ3n) is 3.57. The molecule has 0 aliphatic heterocycles. The highest BCUT2D eigenvalue weighted by molar-refractivity contribution is 7.15. The average Bonchev–Trinajstić information content (AvgIpc) is 2.98. The molecule has 3 aromatic rings. The number of thiazole rings is 1. The van der Waals surface area contributed by atoms with Crippen molar-refractivity contribution in [3.05, 3.63) is 76.8 Å². The summed E-state index contributed by atoms with van der Waals surface area (Å²) in [5.41, 5.74) is 2.79. The largest absolute Gasteiger partial charge is 0.350 e. The van der Waals surface area contributed by atoms with Crippen molar-refractivity contribution in [3.8, 4) is 10.6 Å². The summed E-state index contributed by atoms with van der Waals surface area (Å²) in [6, 6.07) is 20.1. The van der Waals surface area contributed by atoms with Gasteiger partial charge in [0.15, 0.2) is 0 Å². The number of benzene rings is 2. The Bertz CT molecular complexity index is 782. The van der Waals surface area contributed by atoms with E-state index < -0.39 is 0 Å². The van der Waals surface area contributed by atoms with Crippen LogP contribution in [-0.4, -0.2) is 17.4 Å². The second-order valence-corrected chi connectivity index (χ2v) is 6.48. The summed E-state index contributed by atoms with van der Waals surface area (Å²) in [5, 5.41) is 3.84. The molecule has 0 atom stereocenters. The Labute approximate surface area is 140 Å². The monoisotopic (exact) mass is 322 g/mol. The molecule has 3 nitrogen and oxygen atoms in total. The van der Waals surface area contributed by atoms with E-state index in [1.165, 1.54) is 5.56 Å². The van der Waals surface area contributed by atoms with E-state index in [4.69, 9.17) is 0 Å². The summed E-state index contributed by atoms with van der Waals surface area (Å²) in [7, 11) is 0. The maximum absolute atomic E-state index is 12.3. The van der Waals surface area contributed by atoms with Crippen LogP contribution in [0, 0.1) is 6.92 Å². The van der Waals surface area contributed by atoms with Crippen LogP contribution in [0.15, 0.2) is 60.7 Å². The predicted molar refractivity (Wildman–Crippen MR) is 94.8 cm³/mol. The van der Waals surface area contributed by atoms with Crippen LogP contribution >= 0.6 is 11.3 Å². The summed E-state index contributed by atoms with van der Waals surface area (Å²) in [5.74, 6) is -0.100. The minimum absolute atomic E-state index is 0.100. The molecule has 2 aromatic carbocycles. The van der Waals surface area contributed by atoms with Gasteiger partial charge in [0.1, 0.15) is 10.7 Å². The maximum Gasteiger partial charge on any atom is 0.271 e. The highest BCUT2D eigenvalue weighted by Crippen LogP contribution is 2.27. The van der Waals surface area contributed by atoms with E-state index in [0.29, 0.717) is 12.2 Å². The number of carbonyl (C=O) groups is 1. The van der Waals surface area contributed by atoms with E-state index in [1.54, 1.807) is 11.3 Å². The fourth-order valence-corrected chi connectivity index (χ4v) is 3.28. The molecule has 0 saturated carbocycles. The van der Waals surface area contributed by atoms with Crippen molar-refractivity contribution in [1.82, 2.24) is 10.3 Å². The van der Waals surface area contributed by atoms with Gasteiger partial charge in [-0.2, -0.15) is 0 Å². The molecule has 0 spiro atoms. The number of amides is 1. The second kappa shape index (κ2) is 7.20. The lowest BCUT2D eigenvalue weighted by Gasteiger charge is -2.04. The van der Waals surface area contributed by atoms with Crippen molar-refractivity contribution in [2.75, 3.05) is 6.54 Å². The minimum Gasteiger partial charge on any atom is -0.350 e. The van der Waals surface area contributed by atoms with E-state index in [0.717, 1.165) is 21.9 Å². The normalized spacial score (nSPS) is 10.5. The smallest absolute Gasteiger partial charge is 0.271 e. The van der Waals surface area contributed by atoms with E-state index in [9.17, 15) is 4.79 Å². The average molecular weight is 322 g/mol. The molecule has 0 aliphatic carbocycles. The molecule has 0 radical (unpaired) electrons. The van der Waals surface area contributed by atoms with Crippen molar-refractivity contribution in [2.45, 2.75) is 13.3 Å². The molecule has 0 bridgehead atoms. The Morgan fingerprint density at radius 3 is 2.39 bits per heavy atom. The minimum atomic E-state index is -0.100. The lowest BCUT2D eigenvalue weighted by molar-refractivity contribution is 0.0949. The molecule has 1 heterocycles. The molecule has 1 aromatic heterocycles. The number of nitrogens with zero attached hydrogens (tertiary/aromatic N) is 1. The van der Waals surface area contributed by atoms with Crippen molar-refractivity contribution in [2.24, 2.45) is 0 Å². The fraction of sp³-hybridized carbons (Fsp3) is 0.158. The standard InChI is InChI=1S/C19H18N2OS/c1-14-17(21-19(23-14)16-10-6-3-7-11-16)18(22)20-13-12-15-8-4-2-5-9-15/h2-11H,12-13H2,1H3,(H,20,22). The van der Waals surface area contributed by atoms with Crippen LogP contribution in [0.5, 0.6) is 0 Å². The zero-order chi connectivity index (χ0) is 16.1. The fourth-order valence-electron chi connectivity index (χ4n) is 2.36. The maximum atomic E-state index is 12.3. The van der Waals surface area contributed by atoms with Crippen LogP contribution in [0.3, 0.4) is 0 Å². The van der Waals surface area contributed by atoms with E-state index in [-0.39, 0.29) is 5.91 Å². The molecular weight excluding hydrogens is 304 g/mol. The van der Waals surface area contributed by atoms with Crippen LogP contribution in [0.4, 0.5) is 0 Å². The molecule has 0 fully saturated rings. The van der Waals surface area contributed by atoms with Gasteiger partial charge in [0.05, 0.1) is 0 Å². The number of hydrogen-bond donors (Lipinski definition) is 1. The molecule has 1 amide bonds. The summed E-state index contributed by atoms with van der Waals surface area (Å²) in [6.45, 7) is 2.55. The van der Waals surface area contributed by atoms with Gasteiger partial charge >= 0.3 is 0 Å². The third-order valence-corrected chi connectivity index (χ3v) is 4.59. The SMILES string of the molecule is Cc1sc(-c2ccccc2)nc1C(=O)NCCc1ccccc1. The van der Waals surface area contributed by atoms with Crippen molar-refractivity contribution in [3.63, 3.8) is 0 Å². The van der Waals surface area contributed by atoms with Gasteiger partial charge in [-0.1, -0.05) is 60.7 Å². The van der Waals surface area contributed by atoms with Crippen molar-refractivity contribution >= 4 is 17.2 Å². The van der Waals surface area contributed by atoms with Gasteiger partial charge in [0.2, 0.25) is 0 Å². The Morgan fingerprint density at radius 2 is 1.70 bits per heavy atom. The van der Waals surface area contributed by atoms with Gasteiger partial charge in [0.25, 0.3) is 5.91 Å². The first-order chi connectivity index (χ1) is 11.2. The van der Waals surface area contributed by atoms with Crippen LogP contribution in [0.1, 0.15) is 20.9 Å². The topological polar surface area (TPSA) is 42.0 Å². The van der Waals surface area contributed by atoms with Crippen LogP contribution < -0.4 is 5.32 Å². The number of aryl methyl sites for hydroxylation is 1. The van der Waals surface area contributed by atoms with Gasteiger partial charge < -0.3 is 5.32 Å². The van der Waals surface area contributed by atoms with Crippen molar-refractivity contribution in [1.29, 1.82) is 0 Å². The van der Waals surface area contributed by atoms with Gasteiger partial charge in [-0.05, 0) is 18.9 Å². The number of hydrogen-bond acceptors (Lipinski definition) is 3. The molecule has 116 valence electrons. The van der Waals surface area contributed by atoms with Gasteiger partial charge in [-0.25, -0.2) is 4.98 Å². The molecule has 0 aliphatic rings. The van der Waals surface area contributed by atoms with Crippen molar-refractivity contribution < 1.29 is 4.79 Å². The zero-order valence-corrected chi connectivity index (χ0v) is 13.8. The number of rotatable bonds is 5. The molecular formula is C19H18N2OS. The Kier molecular flexibility index (Phi) is 4.83. The molecule has 0 unspecified atom stereocenters. The van der Waals surface area contributed by atoms with E-state index in [1.807, 2.05) is 55.5 Å². The highest BCUT2D eigenvalue weighted by Gasteiger charge is 2.15. The van der Waals surface area contributed by atoms with Gasteiger partial charge in [0, 0.05) is 17.0 Å². The number of carbonyl (C=O) groups excluding carboxylic acids is 1. The summed E-state index contributed by atoms with van der Waals surface area (Å²) in [4.78, 5) is 17.8. The summed E-state index contributed by atoms with van der Waals surface area (Å²) in [6.07, 6.45) is 0.821. The first-order valence-corrected chi connectivity index (χ1v) is 8.40. The van der Waals surface area contributed by atoms with Crippen LogP contribution in [0.25, 0.3) is 10.6 Å². The van der Waals surface area contributed by atoms with Gasteiger partial charge in [-0.15, -0.1) is 11.3 Å². The number of aromatic nitrogens is 1. The lowest BCUT2D eigenvalue weighted by atomic mass is 10.1. The highest BCUT2D eigenvalue weighted by atomic mass is 32.1. The molecule has 0 saturated heterocycles. The molecule has 1 N–H and O–H groups in total. The Hall–Kier alpha value is -2.46. The van der Waals surface area contributed by atoms with Crippen LogP contribution in [0.2, 0.25) is 0 Å². The zero-order valence-electron chi connectivity index (χ0n) is 13.0. The third kappa shape index (κ3) is 3.85. The Balaban J connectivity index is 1.65. The molecule has 4 heteroatoms.